The van der Waals surface area contributed by atoms with Crippen LogP contribution < -0.4 is 4.90 Å². The minimum Gasteiger partial charge on any atom is -0.359 e. The Labute approximate surface area is 95.4 Å². The number of hydrogen-bond acceptors (Lipinski definition) is 4. The van der Waals surface area contributed by atoms with E-state index in [1.54, 1.807) is 19.1 Å². The average Bonchev–Trinajstić information content (AvgIpc) is 2.53. The molecule has 0 spiro atoms. The van der Waals surface area contributed by atoms with Gasteiger partial charge >= 0.3 is 0 Å². The smallest absolute Gasteiger partial charge is 0.282 e. The van der Waals surface area contributed by atoms with E-state index in [0.717, 1.165) is 4.90 Å². The second-order valence-electron chi connectivity index (χ2n) is 2.88. The lowest BCUT2D eigenvalue weighted by atomic mass is 10.4. The molecule has 6 heteroatoms. The molecule has 0 unspecified atom stereocenters. The lowest BCUT2D eigenvalue weighted by Gasteiger charge is -1.95. The lowest BCUT2D eigenvalue weighted by Crippen LogP contribution is -2.25. The van der Waals surface area contributed by atoms with Gasteiger partial charge in [-0.2, -0.15) is 0 Å². The molecule has 4 nitrogen and oxygen atoms in total. The minimum atomic E-state index is 0.387. The standard InChI is InChI=1S/C9H7ClN2O2S/c1-6-9(11-14-12(6)13)15-8-4-2-7(10)3-5-8/h2-5H,1H3. The summed E-state index contributed by atoms with van der Waals surface area (Å²) in [7, 11) is 0. The van der Waals surface area contributed by atoms with Crippen molar-refractivity contribution in [2.45, 2.75) is 16.8 Å². The van der Waals surface area contributed by atoms with Crippen molar-refractivity contribution in [2.75, 3.05) is 0 Å². The van der Waals surface area contributed by atoms with Crippen molar-refractivity contribution in [3.8, 4) is 0 Å². The van der Waals surface area contributed by atoms with Crippen molar-refractivity contribution in [3.63, 3.8) is 0 Å². The van der Waals surface area contributed by atoms with Gasteiger partial charge in [0.2, 0.25) is 5.69 Å². The Morgan fingerprint density at radius 3 is 2.60 bits per heavy atom. The summed E-state index contributed by atoms with van der Waals surface area (Å²) in [5.41, 5.74) is 0.454. The summed E-state index contributed by atoms with van der Waals surface area (Å²) in [4.78, 5) is 1.34. The third kappa shape index (κ3) is 2.24. The van der Waals surface area contributed by atoms with Crippen molar-refractivity contribution in [1.29, 1.82) is 0 Å². The van der Waals surface area contributed by atoms with Crippen molar-refractivity contribution in [3.05, 3.63) is 40.2 Å². The molecule has 0 saturated heterocycles. The van der Waals surface area contributed by atoms with E-state index in [-0.39, 0.29) is 0 Å². The maximum atomic E-state index is 10.9. The van der Waals surface area contributed by atoms with Crippen LogP contribution in [-0.2, 0) is 0 Å². The molecular formula is C9H7ClN2O2S. The predicted octanol–water partition coefficient (Wildman–Crippen LogP) is 2.42. The van der Waals surface area contributed by atoms with E-state index < -0.39 is 0 Å². The summed E-state index contributed by atoms with van der Waals surface area (Å²) >= 11 is 7.11. The van der Waals surface area contributed by atoms with Gasteiger partial charge in [0.25, 0.3) is 5.03 Å². The van der Waals surface area contributed by atoms with Gasteiger partial charge in [-0.05, 0) is 40.9 Å². The third-order valence-corrected chi connectivity index (χ3v) is 3.13. The summed E-state index contributed by atoms with van der Waals surface area (Å²) < 4.78 is 4.46. The fourth-order valence-electron chi connectivity index (χ4n) is 0.986. The Morgan fingerprint density at radius 1 is 1.40 bits per heavy atom. The van der Waals surface area contributed by atoms with Gasteiger partial charge in [-0.15, -0.1) is 0 Å². The van der Waals surface area contributed by atoms with E-state index in [2.05, 4.69) is 9.79 Å². The van der Waals surface area contributed by atoms with Crippen LogP contribution in [0.2, 0.25) is 5.02 Å². The quantitative estimate of drug-likeness (QED) is 0.759. The molecule has 0 aliphatic heterocycles. The van der Waals surface area contributed by atoms with Gasteiger partial charge in [0.05, 0.1) is 5.16 Å². The molecule has 0 saturated carbocycles. The number of nitrogens with zero attached hydrogens (tertiary/aromatic N) is 2. The fourth-order valence-corrected chi connectivity index (χ4v) is 1.90. The topological polar surface area (TPSA) is 53.0 Å². The zero-order valence-corrected chi connectivity index (χ0v) is 9.38. The second-order valence-corrected chi connectivity index (χ2v) is 4.38. The van der Waals surface area contributed by atoms with Gasteiger partial charge in [-0.1, -0.05) is 11.6 Å². The van der Waals surface area contributed by atoms with Gasteiger partial charge in [0.1, 0.15) is 0 Å². The summed E-state index contributed by atoms with van der Waals surface area (Å²) in [6.07, 6.45) is 0. The molecule has 78 valence electrons. The molecule has 0 aliphatic rings. The first-order chi connectivity index (χ1) is 7.16. The van der Waals surface area contributed by atoms with Crippen LogP contribution in [-0.4, -0.2) is 5.16 Å². The van der Waals surface area contributed by atoms with Gasteiger partial charge < -0.3 is 5.21 Å². The van der Waals surface area contributed by atoms with Crippen LogP contribution in [0.15, 0.2) is 38.8 Å². The van der Waals surface area contributed by atoms with E-state index in [0.29, 0.717) is 20.6 Å². The highest BCUT2D eigenvalue weighted by Crippen LogP contribution is 2.27. The molecule has 1 aromatic heterocycles. The van der Waals surface area contributed by atoms with E-state index in [1.807, 2.05) is 12.1 Å². The summed E-state index contributed by atoms with van der Waals surface area (Å²) in [6, 6.07) is 7.28. The molecule has 0 radical (unpaired) electrons. The predicted molar refractivity (Wildman–Crippen MR) is 55.8 cm³/mol. The largest absolute Gasteiger partial charge is 0.359 e. The Morgan fingerprint density at radius 2 is 2.07 bits per heavy atom. The first-order valence-corrected chi connectivity index (χ1v) is 5.36. The van der Waals surface area contributed by atoms with Crippen LogP contribution in [0, 0.1) is 12.1 Å². The summed E-state index contributed by atoms with van der Waals surface area (Å²) in [5, 5.41) is 15.8. The van der Waals surface area contributed by atoms with Crippen LogP contribution >= 0.6 is 23.4 Å². The highest BCUT2D eigenvalue weighted by Gasteiger charge is 2.15. The number of aromatic nitrogens is 2. The lowest BCUT2D eigenvalue weighted by molar-refractivity contribution is -0.807. The van der Waals surface area contributed by atoms with Gasteiger partial charge in [0, 0.05) is 16.8 Å². The number of halogens is 1. The SMILES string of the molecule is Cc1c(Sc2ccc(Cl)cc2)no[n+]1[O-]. The molecule has 0 N–H and O–H groups in total. The van der Waals surface area contributed by atoms with Crippen LogP contribution in [0.5, 0.6) is 0 Å². The summed E-state index contributed by atoms with van der Waals surface area (Å²) in [6.45, 7) is 1.65. The molecule has 0 atom stereocenters. The maximum absolute atomic E-state index is 10.9. The van der Waals surface area contributed by atoms with Crippen LogP contribution in [0.1, 0.15) is 5.69 Å². The number of hydrogen-bond donors (Lipinski definition) is 0. The molecule has 2 rings (SSSR count). The van der Waals surface area contributed by atoms with Crippen LogP contribution in [0.25, 0.3) is 0 Å². The zero-order valence-electron chi connectivity index (χ0n) is 7.81. The van der Waals surface area contributed by atoms with Crippen LogP contribution in [0.3, 0.4) is 0 Å². The van der Waals surface area contributed by atoms with Crippen molar-refractivity contribution in [2.24, 2.45) is 0 Å². The molecular weight excluding hydrogens is 236 g/mol. The molecule has 0 bridgehead atoms. The van der Waals surface area contributed by atoms with Gasteiger partial charge in [-0.3, -0.25) is 4.63 Å². The monoisotopic (exact) mass is 242 g/mol. The van der Waals surface area contributed by atoms with E-state index in [4.69, 9.17) is 11.6 Å². The third-order valence-electron chi connectivity index (χ3n) is 1.81. The Hall–Kier alpha value is -1.20. The van der Waals surface area contributed by atoms with Crippen molar-refractivity contribution in [1.82, 2.24) is 5.16 Å². The highest BCUT2D eigenvalue weighted by atomic mass is 35.5. The first-order valence-electron chi connectivity index (χ1n) is 4.16. The Balaban J connectivity index is 2.22. The molecule has 0 amide bonds. The average molecular weight is 243 g/mol. The molecule has 2 aromatic rings. The van der Waals surface area contributed by atoms with E-state index >= 15 is 0 Å². The van der Waals surface area contributed by atoms with Crippen molar-refractivity contribution < 1.29 is 9.53 Å². The minimum absolute atomic E-state index is 0.387. The molecule has 0 aliphatic carbocycles. The maximum Gasteiger partial charge on any atom is 0.282 e. The van der Waals surface area contributed by atoms with E-state index in [1.165, 1.54) is 11.8 Å². The highest BCUT2D eigenvalue weighted by molar-refractivity contribution is 7.99. The van der Waals surface area contributed by atoms with Crippen molar-refractivity contribution >= 4 is 23.4 Å². The number of rotatable bonds is 2. The van der Waals surface area contributed by atoms with E-state index in [9.17, 15) is 5.21 Å². The molecule has 15 heavy (non-hydrogen) atoms. The Kier molecular flexibility index (Phi) is 2.83. The second kappa shape index (κ2) is 4.12. The molecule has 0 fully saturated rings. The molecule has 1 heterocycles. The van der Waals surface area contributed by atoms with Gasteiger partial charge in [-0.25, -0.2) is 0 Å². The van der Waals surface area contributed by atoms with Gasteiger partial charge in [0.15, 0.2) is 0 Å². The number of benzene rings is 1. The Bertz CT molecular complexity index is 469. The van der Waals surface area contributed by atoms with Crippen LogP contribution in [0.4, 0.5) is 0 Å². The molecule has 1 aromatic carbocycles. The zero-order chi connectivity index (χ0) is 10.8. The summed E-state index contributed by atoms with van der Waals surface area (Å²) in [5.74, 6) is 0. The fraction of sp³-hybridized carbons (Fsp3) is 0.111. The normalized spacial score (nSPS) is 10.5. The first kappa shape index (κ1) is 10.3.